The SMILES string of the molecule is CN=C(NCCn1cccc1)NCCS(=O)(=O)c1ccc(Br)cc1.I. The van der Waals surface area contributed by atoms with Crippen molar-refractivity contribution in [3.63, 3.8) is 0 Å². The molecule has 0 bridgehead atoms. The summed E-state index contributed by atoms with van der Waals surface area (Å²) in [6.45, 7) is 1.81. The van der Waals surface area contributed by atoms with Crippen LogP contribution < -0.4 is 10.6 Å². The molecule has 0 atom stereocenters. The Morgan fingerprint density at radius 1 is 1.12 bits per heavy atom. The van der Waals surface area contributed by atoms with Crippen LogP contribution in [0.1, 0.15) is 0 Å². The lowest BCUT2D eigenvalue weighted by Crippen LogP contribution is -2.40. The number of sulfone groups is 1. The molecule has 0 amide bonds. The monoisotopic (exact) mass is 540 g/mol. The number of halogens is 2. The number of aliphatic imine (C=N–C) groups is 1. The minimum atomic E-state index is -3.31. The molecule has 0 aliphatic carbocycles. The number of nitrogens with zero attached hydrogens (tertiary/aromatic N) is 2. The molecule has 0 aliphatic rings. The van der Waals surface area contributed by atoms with E-state index >= 15 is 0 Å². The van der Waals surface area contributed by atoms with Gasteiger partial charge in [-0.15, -0.1) is 24.0 Å². The van der Waals surface area contributed by atoms with Crippen LogP contribution in [-0.2, 0) is 16.4 Å². The molecule has 6 nitrogen and oxygen atoms in total. The zero-order valence-corrected chi connectivity index (χ0v) is 18.6. The molecule has 0 fully saturated rings. The average molecular weight is 541 g/mol. The van der Waals surface area contributed by atoms with E-state index in [4.69, 9.17) is 0 Å². The third kappa shape index (κ3) is 7.37. The number of aromatic nitrogens is 1. The van der Waals surface area contributed by atoms with E-state index in [0.717, 1.165) is 11.0 Å². The van der Waals surface area contributed by atoms with E-state index < -0.39 is 9.84 Å². The zero-order chi connectivity index (χ0) is 17.4. The lowest BCUT2D eigenvalue weighted by Gasteiger charge is -2.12. The maximum atomic E-state index is 12.3. The van der Waals surface area contributed by atoms with Crippen molar-refractivity contribution in [1.29, 1.82) is 0 Å². The molecular formula is C16H22BrIN4O2S. The molecule has 0 radical (unpaired) electrons. The van der Waals surface area contributed by atoms with Crippen LogP contribution >= 0.6 is 39.9 Å². The van der Waals surface area contributed by atoms with Gasteiger partial charge in [-0.2, -0.15) is 0 Å². The Labute approximate surface area is 174 Å². The lowest BCUT2D eigenvalue weighted by atomic mass is 10.4. The van der Waals surface area contributed by atoms with E-state index in [1.54, 1.807) is 31.3 Å². The summed E-state index contributed by atoms with van der Waals surface area (Å²) in [5.41, 5.74) is 0. The van der Waals surface area contributed by atoms with Crippen LogP contribution in [0, 0.1) is 0 Å². The highest BCUT2D eigenvalue weighted by Gasteiger charge is 2.14. The van der Waals surface area contributed by atoms with Gasteiger partial charge >= 0.3 is 0 Å². The van der Waals surface area contributed by atoms with E-state index in [2.05, 4.69) is 36.1 Å². The fourth-order valence-electron chi connectivity index (χ4n) is 2.11. The highest BCUT2D eigenvalue weighted by atomic mass is 127. The first kappa shape index (κ1) is 22.0. The molecule has 1 heterocycles. The van der Waals surface area contributed by atoms with Crippen molar-refractivity contribution in [2.45, 2.75) is 11.4 Å². The van der Waals surface area contributed by atoms with Gasteiger partial charge < -0.3 is 15.2 Å². The molecule has 2 rings (SSSR count). The summed E-state index contributed by atoms with van der Waals surface area (Å²) in [4.78, 5) is 4.42. The van der Waals surface area contributed by atoms with Crippen LogP contribution in [0.5, 0.6) is 0 Å². The van der Waals surface area contributed by atoms with Gasteiger partial charge in [0, 0.05) is 43.5 Å². The van der Waals surface area contributed by atoms with Gasteiger partial charge in [0.2, 0.25) is 0 Å². The number of guanidine groups is 1. The zero-order valence-electron chi connectivity index (χ0n) is 13.9. The highest BCUT2D eigenvalue weighted by molar-refractivity contribution is 14.0. The van der Waals surface area contributed by atoms with Crippen LogP contribution in [0.2, 0.25) is 0 Å². The molecule has 2 aromatic rings. The molecule has 2 N–H and O–H groups in total. The largest absolute Gasteiger partial charge is 0.355 e. The van der Waals surface area contributed by atoms with E-state index in [1.165, 1.54) is 0 Å². The van der Waals surface area contributed by atoms with Crippen molar-refractivity contribution in [1.82, 2.24) is 15.2 Å². The number of benzene rings is 1. The van der Waals surface area contributed by atoms with Crippen molar-refractivity contribution in [3.05, 3.63) is 53.3 Å². The normalized spacial score (nSPS) is 11.7. The summed E-state index contributed by atoms with van der Waals surface area (Å²) in [6, 6.07) is 10.6. The van der Waals surface area contributed by atoms with E-state index in [1.807, 2.05) is 24.5 Å². The predicted octanol–water partition coefficient (Wildman–Crippen LogP) is 2.51. The minimum absolute atomic E-state index is 0. The van der Waals surface area contributed by atoms with Crippen LogP contribution in [0.3, 0.4) is 0 Å². The first-order valence-corrected chi connectivity index (χ1v) is 9.99. The van der Waals surface area contributed by atoms with Crippen molar-refractivity contribution in [2.75, 3.05) is 25.9 Å². The Morgan fingerprint density at radius 2 is 1.72 bits per heavy atom. The summed E-state index contributed by atoms with van der Waals surface area (Å²) in [5.74, 6) is 0.598. The number of rotatable bonds is 7. The molecule has 25 heavy (non-hydrogen) atoms. The van der Waals surface area contributed by atoms with Crippen molar-refractivity contribution in [3.8, 4) is 0 Å². The maximum Gasteiger partial charge on any atom is 0.191 e. The smallest absolute Gasteiger partial charge is 0.191 e. The van der Waals surface area contributed by atoms with Gasteiger partial charge in [0.05, 0.1) is 10.6 Å². The van der Waals surface area contributed by atoms with Crippen molar-refractivity contribution in [2.24, 2.45) is 4.99 Å². The molecule has 1 aromatic heterocycles. The Balaban J connectivity index is 0.00000312. The standard InChI is InChI=1S/C16H21BrN4O2S.HI/c1-18-16(19-8-12-21-10-2-3-11-21)20-9-13-24(22,23)15-6-4-14(17)5-7-15;/h2-7,10-11H,8-9,12-13H2,1H3,(H2,18,19,20);1H. The second-order valence-electron chi connectivity index (χ2n) is 5.12. The molecule has 1 aromatic carbocycles. The van der Waals surface area contributed by atoms with Gasteiger partial charge in [0.15, 0.2) is 15.8 Å². The van der Waals surface area contributed by atoms with Gasteiger partial charge in [-0.1, -0.05) is 15.9 Å². The van der Waals surface area contributed by atoms with Gasteiger partial charge in [-0.3, -0.25) is 4.99 Å². The molecular weight excluding hydrogens is 519 g/mol. The Hall–Kier alpha value is -1.07. The summed E-state index contributed by atoms with van der Waals surface area (Å²) >= 11 is 3.30. The first-order valence-electron chi connectivity index (χ1n) is 7.55. The second kappa shape index (κ2) is 10.8. The third-order valence-electron chi connectivity index (χ3n) is 3.39. The van der Waals surface area contributed by atoms with Gasteiger partial charge in [-0.25, -0.2) is 8.42 Å². The molecule has 0 aliphatic heterocycles. The fraction of sp³-hybridized carbons (Fsp3) is 0.312. The Kier molecular flexibility index (Phi) is 9.51. The number of nitrogens with one attached hydrogen (secondary N) is 2. The van der Waals surface area contributed by atoms with Crippen LogP contribution in [0.4, 0.5) is 0 Å². The maximum absolute atomic E-state index is 12.3. The quantitative estimate of drug-likeness (QED) is 0.321. The summed E-state index contributed by atoms with van der Waals surface area (Å²) in [5, 5.41) is 6.19. The van der Waals surface area contributed by atoms with Gasteiger partial charge in [0.25, 0.3) is 0 Å². The number of hydrogen-bond donors (Lipinski definition) is 2. The Morgan fingerprint density at radius 3 is 2.32 bits per heavy atom. The van der Waals surface area contributed by atoms with Crippen molar-refractivity contribution < 1.29 is 8.42 Å². The van der Waals surface area contributed by atoms with Crippen molar-refractivity contribution >= 4 is 55.7 Å². The molecule has 0 unspecified atom stereocenters. The highest BCUT2D eigenvalue weighted by Crippen LogP contribution is 2.15. The fourth-order valence-corrected chi connectivity index (χ4v) is 3.53. The Bertz CT molecular complexity index is 762. The van der Waals surface area contributed by atoms with Crippen LogP contribution in [0.15, 0.2) is 63.2 Å². The summed E-state index contributed by atoms with van der Waals surface area (Å²) in [6.07, 6.45) is 3.98. The van der Waals surface area contributed by atoms with E-state index in [9.17, 15) is 8.42 Å². The third-order valence-corrected chi connectivity index (χ3v) is 5.65. The summed E-state index contributed by atoms with van der Waals surface area (Å²) in [7, 11) is -1.65. The van der Waals surface area contributed by atoms with Gasteiger partial charge in [-0.05, 0) is 36.4 Å². The minimum Gasteiger partial charge on any atom is -0.355 e. The van der Waals surface area contributed by atoms with Gasteiger partial charge in [0.1, 0.15) is 0 Å². The summed E-state index contributed by atoms with van der Waals surface area (Å²) < 4.78 is 27.4. The predicted molar refractivity (Wildman–Crippen MR) is 115 cm³/mol. The van der Waals surface area contributed by atoms with E-state index in [0.29, 0.717) is 23.9 Å². The second-order valence-corrected chi connectivity index (χ2v) is 8.14. The van der Waals surface area contributed by atoms with E-state index in [-0.39, 0.29) is 29.7 Å². The lowest BCUT2D eigenvalue weighted by molar-refractivity contribution is 0.594. The average Bonchev–Trinajstić information content (AvgIpc) is 3.07. The topological polar surface area (TPSA) is 75.5 Å². The molecule has 0 saturated heterocycles. The number of hydrogen-bond acceptors (Lipinski definition) is 3. The molecule has 0 saturated carbocycles. The van der Waals surface area contributed by atoms with Crippen LogP contribution in [0.25, 0.3) is 0 Å². The molecule has 0 spiro atoms. The molecule has 9 heteroatoms. The van der Waals surface area contributed by atoms with Crippen LogP contribution in [-0.4, -0.2) is 44.8 Å². The molecule has 138 valence electrons. The first-order chi connectivity index (χ1) is 11.5.